The Morgan fingerprint density at radius 2 is 1.74 bits per heavy atom. The number of hydrogen-bond donors (Lipinski definition) is 2. The number of hydrogen-bond acceptors (Lipinski definition) is 10. The van der Waals surface area contributed by atoms with E-state index < -0.39 is 29.7 Å². The average molecular weight is 790 g/mol. The van der Waals surface area contributed by atoms with Crippen LogP contribution in [0.3, 0.4) is 0 Å². The second-order valence-corrected chi connectivity index (χ2v) is 16.4. The van der Waals surface area contributed by atoms with Gasteiger partial charge in [0.05, 0.1) is 36.5 Å². The summed E-state index contributed by atoms with van der Waals surface area (Å²) in [7, 11) is 0. The van der Waals surface area contributed by atoms with Gasteiger partial charge in [0.2, 0.25) is 23.6 Å². The molecule has 4 aromatic rings. The lowest BCUT2D eigenvalue weighted by Crippen LogP contribution is -2.54. The standard InChI is InChI=1S/C43H43N5O8S/c1-24(17-20-56-34-8-4-7-31-37(34)42(54)48(41(31)53)33-13-14-35(49)44-39(33)51)16-19-55-30-6-3-5-26(21-30)22-36(50)45-43-46-38(25(2)57-43)29-11-12-32-28(23-29)15-18-47(32)40(52)27-9-10-27/h3-8,11-12,21,23-24,27,33H,9-10,13-20,22H2,1-2H3,(H,44,49,51)(H,45,46,50). The van der Waals surface area contributed by atoms with Crippen molar-refractivity contribution in [2.45, 2.75) is 71.3 Å². The number of carbonyl (C=O) groups is 6. The van der Waals surface area contributed by atoms with Crippen LogP contribution in [-0.4, -0.2) is 71.1 Å². The van der Waals surface area contributed by atoms with Crippen LogP contribution < -0.4 is 25.0 Å². The van der Waals surface area contributed by atoms with Gasteiger partial charge in [-0.15, -0.1) is 11.3 Å². The van der Waals surface area contributed by atoms with Crippen molar-refractivity contribution in [1.29, 1.82) is 0 Å². The molecular formula is C43H43N5O8S. The fraction of sp³-hybridized carbons (Fsp3) is 0.372. The van der Waals surface area contributed by atoms with E-state index in [1.54, 1.807) is 12.1 Å². The van der Waals surface area contributed by atoms with Crippen LogP contribution in [-0.2, 0) is 32.0 Å². The third-order valence-corrected chi connectivity index (χ3v) is 11.8. The number of nitrogens with one attached hydrogen (secondary N) is 2. The van der Waals surface area contributed by atoms with Crippen molar-refractivity contribution in [1.82, 2.24) is 15.2 Å². The number of imide groups is 2. The molecule has 13 nitrogen and oxygen atoms in total. The van der Waals surface area contributed by atoms with Gasteiger partial charge in [0.25, 0.3) is 11.8 Å². The highest BCUT2D eigenvalue weighted by Crippen LogP contribution is 2.39. The van der Waals surface area contributed by atoms with Gasteiger partial charge in [-0.25, -0.2) is 4.98 Å². The Labute approximate surface area is 333 Å². The van der Waals surface area contributed by atoms with E-state index >= 15 is 0 Å². The van der Waals surface area contributed by atoms with E-state index in [-0.39, 0.29) is 59.8 Å². The predicted molar refractivity (Wildman–Crippen MR) is 212 cm³/mol. The van der Waals surface area contributed by atoms with Crippen LogP contribution >= 0.6 is 11.3 Å². The van der Waals surface area contributed by atoms with Gasteiger partial charge in [-0.05, 0) is 98.9 Å². The number of thiazole rings is 1. The lowest BCUT2D eigenvalue weighted by Gasteiger charge is -2.27. The number of aryl methyl sites for hydroxylation is 1. The predicted octanol–water partition coefficient (Wildman–Crippen LogP) is 5.87. The third-order valence-electron chi connectivity index (χ3n) is 10.9. The van der Waals surface area contributed by atoms with Crippen molar-refractivity contribution in [2.75, 3.05) is 30.0 Å². The summed E-state index contributed by atoms with van der Waals surface area (Å²) in [6.07, 6.45) is 4.49. The highest BCUT2D eigenvalue weighted by molar-refractivity contribution is 7.16. The summed E-state index contributed by atoms with van der Waals surface area (Å²) in [5.74, 6) is -0.857. The number of piperidine rings is 1. The molecule has 1 saturated carbocycles. The molecule has 0 bridgehead atoms. The van der Waals surface area contributed by atoms with Crippen molar-refractivity contribution in [3.05, 3.63) is 87.8 Å². The second kappa shape index (κ2) is 15.9. The Morgan fingerprint density at radius 3 is 2.53 bits per heavy atom. The zero-order chi connectivity index (χ0) is 39.8. The second-order valence-electron chi connectivity index (χ2n) is 15.2. The zero-order valence-electron chi connectivity index (χ0n) is 31.8. The van der Waals surface area contributed by atoms with Gasteiger partial charge in [0.1, 0.15) is 17.5 Å². The summed E-state index contributed by atoms with van der Waals surface area (Å²) in [5.41, 5.74) is 5.07. The van der Waals surface area contributed by atoms with Crippen LogP contribution in [0, 0.1) is 18.8 Å². The number of amides is 6. The minimum absolute atomic E-state index is 0.0513. The lowest BCUT2D eigenvalue weighted by atomic mass is 10.0. The minimum Gasteiger partial charge on any atom is -0.494 e. The molecule has 3 aliphatic heterocycles. The summed E-state index contributed by atoms with van der Waals surface area (Å²) in [4.78, 5) is 84.9. The molecule has 4 heterocycles. The molecule has 294 valence electrons. The number of carbonyl (C=O) groups excluding carboxylic acids is 6. The van der Waals surface area contributed by atoms with E-state index in [0.717, 1.165) is 70.1 Å². The van der Waals surface area contributed by atoms with Crippen LogP contribution in [0.4, 0.5) is 10.8 Å². The maximum absolute atomic E-state index is 13.3. The molecule has 4 aliphatic rings. The smallest absolute Gasteiger partial charge is 0.266 e. The van der Waals surface area contributed by atoms with Crippen LogP contribution in [0.1, 0.15) is 82.2 Å². The molecule has 1 saturated heterocycles. The highest BCUT2D eigenvalue weighted by atomic mass is 32.1. The third kappa shape index (κ3) is 8.04. The molecule has 2 unspecified atom stereocenters. The largest absolute Gasteiger partial charge is 0.494 e. The summed E-state index contributed by atoms with van der Waals surface area (Å²) in [6, 6.07) is 17.4. The first-order valence-corrected chi connectivity index (χ1v) is 20.3. The van der Waals surface area contributed by atoms with Crippen molar-refractivity contribution in [2.24, 2.45) is 11.8 Å². The van der Waals surface area contributed by atoms with E-state index in [0.29, 0.717) is 30.5 Å². The first-order chi connectivity index (χ1) is 27.5. The van der Waals surface area contributed by atoms with Crippen LogP contribution in [0.25, 0.3) is 11.3 Å². The molecule has 1 aromatic heterocycles. The molecule has 2 atom stereocenters. The Morgan fingerprint density at radius 1 is 0.947 bits per heavy atom. The van der Waals surface area contributed by atoms with Crippen molar-refractivity contribution in [3.63, 3.8) is 0 Å². The highest BCUT2D eigenvalue weighted by Gasteiger charge is 2.46. The molecule has 1 aliphatic carbocycles. The van der Waals surface area contributed by atoms with Gasteiger partial charge in [-0.2, -0.15) is 0 Å². The monoisotopic (exact) mass is 789 g/mol. The molecule has 0 radical (unpaired) electrons. The molecular weight excluding hydrogens is 747 g/mol. The Hall–Kier alpha value is -5.89. The molecule has 6 amide bonds. The van der Waals surface area contributed by atoms with Gasteiger partial charge >= 0.3 is 0 Å². The number of fused-ring (bicyclic) bond motifs is 2. The summed E-state index contributed by atoms with van der Waals surface area (Å²) >= 11 is 1.44. The average Bonchev–Trinajstić information content (AvgIpc) is 3.78. The molecule has 2 N–H and O–H groups in total. The van der Waals surface area contributed by atoms with Crippen molar-refractivity contribution >= 4 is 57.6 Å². The normalized spacial score (nSPS) is 18.0. The zero-order valence-corrected chi connectivity index (χ0v) is 32.6. The Balaban J connectivity index is 0.791. The van der Waals surface area contributed by atoms with E-state index in [1.807, 2.05) is 48.2 Å². The SMILES string of the molecule is Cc1sc(NC(=O)Cc2cccc(OCCC(C)CCOc3cccc4c3C(=O)N(C3CCC(=O)NC3=O)C4=O)c2)nc1-c1ccc2c(c1)CCN2C(=O)C1CC1. The van der Waals surface area contributed by atoms with Crippen molar-refractivity contribution < 1.29 is 38.2 Å². The molecule has 14 heteroatoms. The number of benzene rings is 3. The Kier molecular flexibility index (Phi) is 10.6. The maximum atomic E-state index is 13.3. The number of rotatable bonds is 14. The number of aromatic nitrogens is 1. The summed E-state index contributed by atoms with van der Waals surface area (Å²) in [5, 5.41) is 5.71. The number of anilines is 2. The topological polar surface area (TPSA) is 164 Å². The molecule has 0 spiro atoms. The van der Waals surface area contributed by atoms with E-state index in [9.17, 15) is 28.8 Å². The fourth-order valence-corrected chi connectivity index (χ4v) is 8.49. The van der Waals surface area contributed by atoms with Gasteiger partial charge in [-0.1, -0.05) is 31.2 Å². The Bertz CT molecular complexity index is 2300. The van der Waals surface area contributed by atoms with Gasteiger partial charge in [0.15, 0.2) is 5.13 Å². The van der Waals surface area contributed by atoms with Crippen LogP contribution in [0.15, 0.2) is 60.7 Å². The first kappa shape index (κ1) is 38.0. The fourth-order valence-electron chi connectivity index (χ4n) is 7.64. The molecule has 57 heavy (non-hydrogen) atoms. The summed E-state index contributed by atoms with van der Waals surface area (Å²) in [6.45, 7) is 5.54. The molecule has 8 rings (SSSR count). The maximum Gasteiger partial charge on any atom is 0.266 e. The van der Waals surface area contributed by atoms with Gasteiger partial charge in [-0.3, -0.25) is 39.0 Å². The molecule has 2 fully saturated rings. The van der Waals surface area contributed by atoms with Gasteiger partial charge in [0, 0.05) is 35.0 Å². The van der Waals surface area contributed by atoms with E-state index in [2.05, 4.69) is 23.6 Å². The van der Waals surface area contributed by atoms with E-state index in [4.69, 9.17) is 14.5 Å². The van der Waals surface area contributed by atoms with E-state index in [1.165, 1.54) is 17.4 Å². The van der Waals surface area contributed by atoms with Gasteiger partial charge < -0.3 is 19.7 Å². The first-order valence-electron chi connectivity index (χ1n) is 19.4. The number of ether oxygens (including phenoxy) is 2. The van der Waals surface area contributed by atoms with Crippen molar-refractivity contribution in [3.8, 4) is 22.8 Å². The summed E-state index contributed by atoms with van der Waals surface area (Å²) < 4.78 is 12.0. The number of nitrogens with zero attached hydrogens (tertiary/aromatic N) is 3. The quantitative estimate of drug-likeness (QED) is 0.149. The molecule has 3 aromatic carbocycles. The van der Waals surface area contributed by atoms with Crippen LogP contribution in [0.2, 0.25) is 0 Å². The lowest BCUT2D eigenvalue weighted by molar-refractivity contribution is -0.136. The van der Waals surface area contributed by atoms with Crippen LogP contribution in [0.5, 0.6) is 11.5 Å². The minimum atomic E-state index is -1.04.